The third kappa shape index (κ3) is 5.19. The van der Waals surface area contributed by atoms with Gasteiger partial charge in [0.25, 0.3) is 11.8 Å². The first kappa shape index (κ1) is 21.6. The fraction of sp³-hybridized carbons (Fsp3) is 0.409. The van der Waals surface area contributed by atoms with E-state index in [2.05, 4.69) is 10.6 Å². The van der Waals surface area contributed by atoms with E-state index in [4.69, 9.17) is 16.3 Å². The lowest BCUT2D eigenvalue weighted by Crippen LogP contribution is -2.53. The standard InChI is InChI=1S/C22H24ClN3O4S/c23-19-11-10-18(31-19)21(28)25-17-5-2-1-4-16(17)24-20(27)14-6-8-15(9-7-14)26-12-3-13-30-22(26)29/h6-11,16-17H,1-5,12-13H2,(H,24,27)(H,25,28). The first-order valence-corrected chi connectivity index (χ1v) is 11.6. The molecule has 2 atom stereocenters. The maximum absolute atomic E-state index is 12.8. The van der Waals surface area contributed by atoms with Gasteiger partial charge in [-0.15, -0.1) is 11.3 Å². The minimum atomic E-state index is -0.365. The number of ether oxygens (including phenoxy) is 1. The van der Waals surface area contributed by atoms with Gasteiger partial charge in [-0.1, -0.05) is 24.4 Å². The highest BCUT2D eigenvalue weighted by Gasteiger charge is 2.29. The minimum Gasteiger partial charge on any atom is -0.449 e. The summed E-state index contributed by atoms with van der Waals surface area (Å²) in [5, 5.41) is 6.13. The lowest BCUT2D eigenvalue weighted by atomic mass is 9.90. The molecule has 2 fully saturated rings. The van der Waals surface area contributed by atoms with Crippen LogP contribution in [0.1, 0.15) is 52.1 Å². The quantitative estimate of drug-likeness (QED) is 0.697. The molecule has 2 N–H and O–H groups in total. The van der Waals surface area contributed by atoms with E-state index in [-0.39, 0.29) is 30.0 Å². The van der Waals surface area contributed by atoms with Crippen molar-refractivity contribution in [2.24, 2.45) is 0 Å². The molecule has 1 saturated heterocycles. The molecule has 1 saturated carbocycles. The Morgan fingerprint density at radius 3 is 2.26 bits per heavy atom. The molecule has 1 aromatic carbocycles. The normalized spacial score (nSPS) is 21.3. The van der Waals surface area contributed by atoms with Gasteiger partial charge < -0.3 is 15.4 Å². The zero-order valence-corrected chi connectivity index (χ0v) is 18.5. The van der Waals surface area contributed by atoms with Crippen molar-refractivity contribution in [3.05, 3.63) is 51.2 Å². The van der Waals surface area contributed by atoms with Crippen molar-refractivity contribution in [3.63, 3.8) is 0 Å². The summed E-state index contributed by atoms with van der Waals surface area (Å²) in [7, 11) is 0. The molecule has 2 aromatic rings. The summed E-state index contributed by atoms with van der Waals surface area (Å²) in [6.45, 7) is 1.04. The maximum Gasteiger partial charge on any atom is 0.414 e. The number of nitrogens with zero attached hydrogens (tertiary/aromatic N) is 1. The molecule has 164 valence electrons. The van der Waals surface area contributed by atoms with E-state index in [1.807, 2.05) is 0 Å². The van der Waals surface area contributed by atoms with Crippen LogP contribution in [-0.4, -0.2) is 43.1 Å². The number of rotatable bonds is 5. The summed E-state index contributed by atoms with van der Waals surface area (Å²) >= 11 is 7.17. The van der Waals surface area contributed by atoms with Gasteiger partial charge in [0.2, 0.25) is 0 Å². The maximum atomic E-state index is 12.8. The molecule has 2 aliphatic rings. The van der Waals surface area contributed by atoms with Crippen LogP contribution in [0.25, 0.3) is 0 Å². The molecular formula is C22H24ClN3O4S. The second kappa shape index (κ2) is 9.70. The van der Waals surface area contributed by atoms with Gasteiger partial charge in [-0.2, -0.15) is 0 Å². The molecule has 31 heavy (non-hydrogen) atoms. The second-order valence-corrected chi connectivity index (χ2v) is 9.43. The van der Waals surface area contributed by atoms with Crippen LogP contribution >= 0.6 is 22.9 Å². The highest BCUT2D eigenvalue weighted by atomic mass is 35.5. The number of thiophene rings is 1. The molecule has 2 unspecified atom stereocenters. The van der Waals surface area contributed by atoms with Crippen LogP contribution in [0.15, 0.2) is 36.4 Å². The van der Waals surface area contributed by atoms with Crippen molar-refractivity contribution < 1.29 is 19.1 Å². The lowest BCUT2D eigenvalue weighted by molar-refractivity contribution is 0.0865. The van der Waals surface area contributed by atoms with E-state index < -0.39 is 0 Å². The number of hydrogen-bond donors (Lipinski definition) is 2. The third-order valence-electron chi connectivity index (χ3n) is 5.61. The van der Waals surface area contributed by atoms with Gasteiger partial charge in [-0.3, -0.25) is 14.5 Å². The van der Waals surface area contributed by atoms with Gasteiger partial charge in [0.1, 0.15) is 0 Å². The zero-order valence-electron chi connectivity index (χ0n) is 16.9. The molecule has 0 bridgehead atoms. The number of hydrogen-bond acceptors (Lipinski definition) is 5. The summed E-state index contributed by atoms with van der Waals surface area (Å²) < 4.78 is 5.64. The molecule has 9 heteroatoms. The molecule has 1 aromatic heterocycles. The number of nitrogens with one attached hydrogen (secondary N) is 2. The minimum absolute atomic E-state index is 0.131. The first-order chi connectivity index (χ1) is 15.0. The number of cyclic esters (lactones) is 1. The van der Waals surface area contributed by atoms with E-state index in [1.54, 1.807) is 41.3 Å². The van der Waals surface area contributed by atoms with Crippen LogP contribution in [0.5, 0.6) is 0 Å². The van der Waals surface area contributed by atoms with E-state index in [0.717, 1.165) is 32.1 Å². The molecule has 3 amide bonds. The summed E-state index contributed by atoms with van der Waals surface area (Å²) in [4.78, 5) is 39.4. The van der Waals surface area contributed by atoms with Crippen molar-refractivity contribution in [2.45, 2.75) is 44.2 Å². The molecule has 1 aliphatic carbocycles. The highest BCUT2D eigenvalue weighted by molar-refractivity contribution is 7.18. The van der Waals surface area contributed by atoms with Crippen molar-refractivity contribution in [1.29, 1.82) is 0 Å². The predicted octanol–water partition coefficient (Wildman–Crippen LogP) is 4.22. The van der Waals surface area contributed by atoms with Crippen molar-refractivity contribution >= 4 is 46.5 Å². The SMILES string of the molecule is O=C(NC1CCCCC1NC(=O)c1ccc(Cl)s1)c1ccc(N2CCCOC2=O)cc1. The zero-order chi connectivity index (χ0) is 21.8. The number of amides is 3. The molecule has 0 spiro atoms. The van der Waals surface area contributed by atoms with E-state index in [9.17, 15) is 14.4 Å². The Kier molecular flexibility index (Phi) is 6.77. The average Bonchev–Trinajstić information content (AvgIpc) is 3.22. The van der Waals surface area contributed by atoms with Gasteiger partial charge in [0, 0.05) is 29.9 Å². The Hall–Kier alpha value is -2.58. The van der Waals surface area contributed by atoms with Gasteiger partial charge >= 0.3 is 6.09 Å². The van der Waals surface area contributed by atoms with E-state index in [0.29, 0.717) is 33.6 Å². The molecular weight excluding hydrogens is 438 g/mol. The van der Waals surface area contributed by atoms with Crippen LogP contribution in [-0.2, 0) is 4.74 Å². The Morgan fingerprint density at radius 2 is 1.65 bits per heavy atom. The lowest BCUT2D eigenvalue weighted by Gasteiger charge is -2.32. The Bertz CT molecular complexity index is 962. The smallest absolute Gasteiger partial charge is 0.414 e. The molecule has 2 heterocycles. The molecule has 0 radical (unpaired) electrons. The van der Waals surface area contributed by atoms with Crippen molar-refractivity contribution in [3.8, 4) is 0 Å². The van der Waals surface area contributed by atoms with Gasteiger partial charge in [-0.05, 0) is 55.7 Å². The third-order valence-corrected chi connectivity index (χ3v) is 6.84. The van der Waals surface area contributed by atoms with E-state index >= 15 is 0 Å². The number of halogens is 1. The fourth-order valence-corrected chi connectivity index (χ4v) is 4.93. The summed E-state index contributed by atoms with van der Waals surface area (Å²) in [5.41, 5.74) is 1.22. The average molecular weight is 462 g/mol. The summed E-state index contributed by atoms with van der Waals surface area (Å²) in [6.07, 6.45) is 4.03. The molecule has 4 rings (SSSR count). The number of benzene rings is 1. The van der Waals surface area contributed by atoms with Gasteiger partial charge in [0.05, 0.1) is 15.8 Å². The predicted molar refractivity (Wildman–Crippen MR) is 120 cm³/mol. The van der Waals surface area contributed by atoms with Crippen LogP contribution in [0.2, 0.25) is 4.34 Å². The van der Waals surface area contributed by atoms with Crippen LogP contribution in [0.4, 0.5) is 10.5 Å². The van der Waals surface area contributed by atoms with Gasteiger partial charge in [0.15, 0.2) is 0 Å². The Morgan fingerprint density at radius 1 is 0.968 bits per heavy atom. The largest absolute Gasteiger partial charge is 0.449 e. The van der Waals surface area contributed by atoms with Crippen molar-refractivity contribution in [2.75, 3.05) is 18.1 Å². The first-order valence-electron chi connectivity index (χ1n) is 10.4. The number of carbonyl (C=O) groups excluding carboxylic acids is 3. The summed E-state index contributed by atoms with van der Waals surface area (Å²) in [6, 6.07) is 10.1. The molecule has 7 nitrogen and oxygen atoms in total. The Balaban J connectivity index is 1.39. The fourth-order valence-electron chi connectivity index (χ4n) is 3.98. The summed E-state index contributed by atoms with van der Waals surface area (Å²) in [5.74, 6) is -0.362. The number of carbonyl (C=O) groups is 3. The second-order valence-electron chi connectivity index (χ2n) is 7.71. The Labute approximate surface area is 189 Å². The molecule has 1 aliphatic heterocycles. The number of anilines is 1. The monoisotopic (exact) mass is 461 g/mol. The van der Waals surface area contributed by atoms with Crippen molar-refractivity contribution in [1.82, 2.24) is 10.6 Å². The topological polar surface area (TPSA) is 87.7 Å². The van der Waals surface area contributed by atoms with Crippen LogP contribution < -0.4 is 15.5 Å². The van der Waals surface area contributed by atoms with E-state index in [1.165, 1.54) is 11.3 Å². The van der Waals surface area contributed by atoms with Crippen LogP contribution in [0.3, 0.4) is 0 Å². The highest BCUT2D eigenvalue weighted by Crippen LogP contribution is 2.24. The van der Waals surface area contributed by atoms with Gasteiger partial charge in [-0.25, -0.2) is 4.79 Å². The van der Waals surface area contributed by atoms with Crippen LogP contribution in [0, 0.1) is 0 Å².